The molecule has 0 fully saturated rings. The summed E-state index contributed by atoms with van der Waals surface area (Å²) >= 11 is 0. The first-order chi connectivity index (χ1) is 12.4. The number of nitrogens with zero attached hydrogens (tertiary/aromatic N) is 2. The van der Waals surface area contributed by atoms with Crippen LogP contribution in [0.4, 0.5) is 0 Å². The van der Waals surface area contributed by atoms with E-state index in [0.717, 1.165) is 24.2 Å². The van der Waals surface area contributed by atoms with Crippen LogP contribution in [-0.2, 0) is 6.42 Å². The zero-order valence-corrected chi connectivity index (χ0v) is 14.0. The smallest absolute Gasteiger partial charge is 0.103 e. The Kier molecular flexibility index (Phi) is 4.55. The molecule has 0 bridgehead atoms. The summed E-state index contributed by atoms with van der Waals surface area (Å²) in [5.74, 6) is 1.08. The quantitative estimate of drug-likeness (QED) is 0.749. The molecule has 2 unspecified atom stereocenters. The van der Waals surface area contributed by atoms with Crippen molar-refractivity contribution in [2.75, 3.05) is 0 Å². The third kappa shape index (κ3) is 3.61. The summed E-state index contributed by atoms with van der Waals surface area (Å²) in [5.41, 5.74) is 3.75. The van der Waals surface area contributed by atoms with Crippen LogP contribution in [0.3, 0.4) is 0 Å². The molecular weight excluding hydrogens is 306 g/mol. The molecule has 0 amide bonds. The zero-order valence-electron chi connectivity index (χ0n) is 14.0. The van der Waals surface area contributed by atoms with Crippen molar-refractivity contribution in [2.24, 2.45) is 4.99 Å². The largest absolute Gasteiger partial charge is 0.364 e. The first-order valence-corrected chi connectivity index (χ1v) is 8.72. The molecule has 1 N–H and O–H groups in total. The normalized spacial score (nSPS) is 19.3. The Labute approximate surface area is 148 Å². The van der Waals surface area contributed by atoms with Gasteiger partial charge in [-0.05, 0) is 29.2 Å². The highest BCUT2D eigenvalue weighted by molar-refractivity contribution is 5.85. The van der Waals surface area contributed by atoms with Gasteiger partial charge in [0.15, 0.2) is 0 Å². The SMILES string of the molecule is c1ccc(CCC2=NC(c3cccnc3)C(c3ccccc3)N2)cc1. The molecule has 1 aliphatic rings. The van der Waals surface area contributed by atoms with Gasteiger partial charge in [-0.3, -0.25) is 9.98 Å². The van der Waals surface area contributed by atoms with Crippen LogP contribution < -0.4 is 5.32 Å². The Morgan fingerprint density at radius 3 is 2.20 bits per heavy atom. The lowest BCUT2D eigenvalue weighted by molar-refractivity contribution is 0.570. The molecule has 25 heavy (non-hydrogen) atoms. The van der Waals surface area contributed by atoms with Gasteiger partial charge in [0.1, 0.15) is 6.04 Å². The van der Waals surface area contributed by atoms with E-state index in [0.29, 0.717) is 0 Å². The van der Waals surface area contributed by atoms with Crippen LogP contribution >= 0.6 is 0 Å². The summed E-state index contributed by atoms with van der Waals surface area (Å²) in [6.07, 6.45) is 5.65. The number of aromatic nitrogens is 1. The average Bonchev–Trinajstić information content (AvgIpc) is 3.13. The van der Waals surface area contributed by atoms with Crippen molar-refractivity contribution >= 4 is 5.84 Å². The van der Waals surface area contributed by atoms with Crippen LogP contribution in [0.1, 0.15) is 35.2 Å². The number of aryl methyl sites for hydroxylation is 1. The maximum absolute atomic E-state index is 5.00. The van der Waals surface area contributed by atoms with E-state index in [1.807, 2.05) is 18.5 Å². The maximum atomic E-state index is 5.00. The summed E-state index contributed by atoms with van der Waals surface area (Å²) in [6, 6.07) is 25.4. The van der Waals surface area contributed by atoms with Gasteiger partial charge < -0.3 is 5.32 Å². The Morgan fingerprint density at radius 1 is 0.760 bits per heavy atom. The fourth-order valence-corrected chi connectivity index (χ4v) is 3.33. The fraction of sp³-hybridized carbons (Fsp3) is 0.182. The Morgan fingerprint density at radius 2 is 1.48 bits per heavy atom. The highest BCUT2D eigenvalue weighted by Crippen LogP contribution is 2.36. The summed E-state index contributed by atoms with van der Waals surface area (Å²) in [6.45, 7) is 0. The van der Waals surface area contributed by atoms with Gasteiger partial charge in [-0.1, -0.05) is 66.7 Å². The number of amidine groups is 1. The van der Waals surface area contributed by atoms with E-state index in [-0.39, 0.29) is 12.1 Å². The molecule has 2 atom stereocenters. The van der Waals surface area contributed by atoms with Gasteiger partial charge in [-0.2, -0.15) is 0 Å². The molecule has 3 nitrogen and oxygen atoms in total. The van der Waals surface area contributed by atoms with Gasteiger partial charge in [0.25, 0.3) is 0 Å². The molecular formula is C22H21N3. The average molecular weight is 327 g/mol. The molecule has 0 radical (unpaired) electrons. The Balaban J connectivity index is 1.57. The van der Waals surface area contributed by atoms with E-state index >= 15 is 0 Å². The summed E-state index contributed by atoms with van der Waals surface area (Å²) in [4.78, 5) is 9.28. The van der Waals surface area contributed by atoms with Crippen molar-refractivity contribution in [1.29, 1.82) is 0 Å². The number of aliphatic imine (C=N–C) groups is 1. The number of pyridine rings is 1. The van der Waals surface area contributed by atoms with Gasteiger partial charge in [-0.25, -0.2) is 0 Å². The van der Waals surface area contributed by atoms with E-state index in [1.54, 1.807) is 0 Å². The van der Waals surface area contributed by atoms with E-state index in [2.05, 4.69) is 77.0 Å². The van der Waals surface area contributed by atoms with Crippen molar-refractivity contribution in [1.82, 2.24) is 10.3 Å². The fourth-order valence-electron chi connectivity index (χ4n) is 3.33. The van der Waals surface area contributed by atoms with Crippen LogP contribution in [0.5, 0.6) is 0 Å². The zero-order chi connectivity index (χ0) is 16.9. The minimum atomic E-state index is 0.0712. The topological polar surface area (TPSA) is 37.3 Å². The molecule has 3 aromatic rings. The first-order valence-electron chi connectivity index (χ1n) is 8.72. The Bertz CT molecular complexity index is 829. The number of hydrogen-bond acceptors (Lipinski definition) is 3. The summed E-state index contributed by atoms with van der Waals surface area (Å²) < 4.78 is 0. The van der Waals surface area contributed by atoms with Crippen molar-refractivity contribution < 1.29 is 0 Å². The number of rotatable bonds is 5. The van der Waals surface area contributed by atoms with Crippen LogP contribution in [-0.4, -0.2) is 10.8 Å². The van der Waals surface area contributed by atoms with Crippen LogP contribution in [0.25, 0.3) is 0 Å². The Hall–Kier alpha value is -2.94. The standard InChI is InChI=1S/C22H21N3/c1-3-8-17(9-4-1)13-14-20-24-21(18-10-5-2-6-11-18)22(25-20)19-12-7-15-23-16-19/h1-12,15-16,21-22H,13-14H2,(H,24,25). The lowest BCUT2D eigenvalue weighted by atomic mass is 9.96. The molecule has 3 heteroatoms. The highest BCUT2D eigenvalue weighted by atomic mass is 15.1. The van der Waals surface area contributed by atoms with Crippen molar-refractivity contribution in [3.05, 3.63) is 102 Å². The number of hydrogen-bond donors (Lipinski definition) is 1. The van der Waals surface area contributed by atoms with Gasteiger partial charge >= 0.3 is 0 Å². The van der Waals surface area contributed by atoms with E-state index in [4.69, 9.17) is 4.99 Å². The molecule has 0 spiro atoms. The maximum Gasteiger partial charge on any atom is 0.103 e. The monoisotopic (exact) mass is 327 g/mol. The predicted molar refractivity (Wildman–Crippen MR) is 101 cm³/mol. The number of nitrogens with one attached hydrogen (secondary N) is 1. The molecule has 4 rings (SSSR count). The third-order valence-electron chi connectivity index (χ3n) is 4.61. The number of benzene rings is 2. The van der Waals surface area contributed by atoms with E-state index in [1.165, 1.54) is 11.1 Å². The van der Waals surface area contributed by atoms with Gasteiger partial charge in [0.2, 0.25) is 0 Å². The molecule has 124 valence electrons. The van der Waals surface area contributed by atoms with Gasteiger partial charge in [0, 0.05) is 18.8 Å². The second-order valence-electron chi connectivity index (χ2n) is 6.33. The molecule has 0 saturated carbocycles. The van der Waals surface area contributed by atoms with Gasteiger partial charge in [-0.15, -0.1) is 0 Å². The minimum Gasteiger partial charge on any atom is -0.364 e. The van der Waals surface area contributed by atoms with E-state index in [9.17, 15) is 0 Å². The van der Waals surface area contributed by atoms with Crippen molar-refractivity contribution in [3.63, 3.8) is 0 Å². The van der Waals surface area contributed by atoms with Crippen LogP contribution in [0.15, 0.2) is 90.2 Å². The highest BCUT2D eigenvalue weighted by Gasteiger charge is 2.30. The summed E-state index contributed by atoms with van der Waals surface area (Å²) in [7, 11) is 0. The van der Waals surface area contributed by atoms with Gasteiger partial charge in [0.05, 0.1) is 11.9 Å². The lowest BCUT2D eigenvalue weighted by Gasteiger charge is -2.19. The summed E-state index contributed by atoms with van der Waals surface area (Å²) in [5, 5.41) is 3.65. The van der Waals surface area contributed by atoms with Crippen molar-refractivity contribution in [2.45, 2.75) is 24.9 Å². The third-order valence-corrected chi connectivity index (χ3v) is 4.61. The van der Waals surface area contributed by atoms with Crippen LogP contribution in [0.2, 0.25) is 0 Å². The molecule has 2 aromatic carbocycles. The minimum absolute atomic E-state index is 0.0712. The second-order valence-corrected chi connectivity index (χ2v) is 6.33. The van der Waals surface area contributed by atoms with E-state index < -0.39 is 0 Å². The molecule has 1 aliphatic heterocycles. The molecule has 1 aromatic heterocycles. The molecule has 0 saturated heterocycles. The second kappa shape index (κ2) is 7.31. The molecule has 2 heterocycles. The predicted octanol–water partition coefficient (Wildman–Crippen LogP) is 4.50. The van der Waals surface area contributed by atoms with Crippen molar-refractivity contribution in [3.8, 4) is 0 Å². The lowest BCUT2D eigenvalue weighted by Crippen LogP contribution is -2.24. The first kappa shape index (κ1) is 15.6. The molecule has 0 aliphatic carbocycles. The van der Waals surface area contributed by atoms with Crippen LogP contribution in [0, 0.1) is 0 Å².